The summed E-state index contributed by atoms with van der Waals surface area (Å²) in [5.74, 6) is -0.355. The maximum Gasteiger partial charge on any atom is 0.270 e. The Morgan fingerprint density at radius 1 is 1.26 bits per heavy atom. The summed E-state index contributed by atoms with van der Waals surface area (Å²) in [5, 5.41) is 21.3. The van der Waals surface area contributed by atoms with Crippen molar-refractivity contribution in [3.05, 3.63) is 79.8 Å². The molecule has 0 bridgehead atoms. The number of nitrogens with one attached hydrogen (secondary N) is 1. The van der Waals surface area contributed by atoms with Crippen LogP contribution in [0.4, 0.5) is 5.69 Å². The van der Waals surface area contributed by atoms with Crippen molar-refractivity contribution in [2.45, 2.75) is 5.75 Å². The van der Waals surface area contributed by atoms with Gasteiger partial charge in [0.25, 0.3) is 5.69 Å². The molecule has 0 spiro atoms. The molecular weight excluding hydrogens is 390 g/mol. The number of nitriles is 1. The number of hydrogen-bond donors (Lipinski definition) is 1. The van der Waals surface area contributed by atoms with Crippen molar-refractivity contribution in [3.63, 3.8) is 0 Å². The van der Waals surface area contributed by atoms with Crippen molar-refractivity contribution in [2.75, 3.05) is 0 Å². The largest absolute Gasteiger partial charge is 0.361 e. The minimum absolute atomic E-state index is 0.126. The Kier molecular flexibility index (Phi) is 4.99. The van der Waals surface area contributed by atoms with Crippen molar-refractivity contribution < 1.29 is 13.3 Å². The molecular formula is C18H12ClN3O4S. The number of aromatic nitrogens is 1. The number of nitro benzene ring substituents is 1. The summed E-state index contributed by atoms with van der Waals surface area (Å²) in [6.07, 6.45) is 2.72. The Morgan fingerprint density at radius 2 is 1.96 bits per heavy atom. The number of halogens is 1. The fourth-order valence-electron chi connectivity index (χ4n) is 2.57. The lowest BCUT2D eigenvalue weighted by Gasteiger charge is -2.03. The van der Waals surface area contributed by atoms with E-state index < -0.39 is 19.7 Å². The molecule has 1 N–H and O–H groups in total. The van der Waals surface area contributed by atoms with Gasteiger partial charge in [0.2, 0.25) is 0 Å². The van der Waals surface area contributed by atoms with E-state index in [0.29, 0.717) is 27.1 Å². The van der Waals surface area contributed by atoms with E-state index in [2.05, 4.69) is 4.98 Å². The third kappa shape index (κ3) is 4.00. The van der Waals surface area contributed by atoms with Crippen LogP contribution in [0.1, 0.15) is 11.1 Å². The van der Waals surface area contributed by atoms with Crippen LogP contribution >= 0.6 is 11.6 Å². The third-order valence-corrected chi connectivity index (χ3v) is 5.75. The molecule has 0 aliphatic rings. The number of aromatic amines is 1. The summed E-state index contributed by atoms with van der Waals surface area (Å²) in [7, 11) is -3.90. The first-order chi connectivity index (χ1) is 12.8. The molecule has 3 rings (SSSR count). The van der Waals surface area contributed by atoms with E-state index in [1.54, 1.807) is 30.3 Å². The highest BCUT2D eigenvalue weighted by molar-refractivity contribution is 7.95. The molecule has 0 saturated carbocycles. The lowest BCUT2D eigenvalue weighted by atomic mass is 10.1. The van der Waals surface area contributed by atoms with Crippen LogP contribution in [-0.2, 0) is 15.6 Å². The molecule has 0 fully saturated rings. The van der Waals surface area contributed by atoms with Crippen LogP contribution in [0.3, 0.4) is 0 Å². The number of nitro groups is 1. The van der Waals surface area contributed by atoms with Crippen LogP contribution in [0.5, 0.6) is 0 Å². The molecule has 0 atom stereocenters. The van der Waals surface area contributed by atoms with Crippen molar-refractivity contribution in [1.82, 2.24) is 4.98 Å². The van der Waals surface area contributed by atoms with Crippen molar-refractivity contribution in [2.24, 2.45) is 0 Å². The number of hydrogen-bond acceptors (Lipinski definition) is 5. The zero-order chi connectivity index (χ0) is 19.6. The molecule has 27 heavy (non-hydrogen) atoms. The topological polar surface area (TPSA) is 117 Å². The highest BCUT2D eigenvalue weighted by Gasteiger charge is 2.20. The molecule has 9 heteroatoms. The summed E-state index contributed by atoms with van der Waals surface area (Å²) in [4.78, 5) is 12.9. The molecule has 0 unspecified atom stereocenters. The van der Waals surface area contributed by atoms with E-state index >= 15 is 0 Å². The van der Waals surface area contributed by atoms with Gasteiger partial charge in [-0.1, -0.05) is 23.7 Å². The van der Waals surface area contributed by atoms with E-state index in [9.17, 15) is 23.8 Å². The quantitative estimate of drug-likeness (QED) is 0.390. The summed E-state index contributed by atoms with van der Waals surface area (Å²) in [5.41, 5.74) is 1.35. The molecule has 7 nitrogen and oxygen atoms in total. The number of nitrogens with zero attached hydrogens (tertiary/aromatic N) is 2. The molecule has 0 aliphatic carbocycles. The van der Waals surface area contributed by atoms with E-state index in [0.717, 1.165) is 0 Å². The second-order valence-electron chi connectivity index (χ2n) is 5.74. The van der Waals surface area contributed by atoms with Crippen molar-refractivity contribution in [3.8, 4) is 6.07 Å². The summed E-state index contributed by atoms with van der Waals surface area (Å²) in [6, 6.07) is 12.2. The Balaban J connectivity index is 2.02. The summed E-state index contributed by atoms with van der Waals surface area (Å²) < 4.78 is 25.2. The normalized spacial score (nSPS) is 12.1. The molecule has 0 radical (unpaired) electrons. The van der Waals surface area contributed by atoms with Gasteiger partial charge in [-0.2, -0.15) is 5.26 Å². The number of H-pyrrole nitrogens is 1. The minimum atomic E-state index is -3.90. The van der Waals surface area contributed by atoms with Gasteiger partial charge in [-0.15, -0.1) is 0 Å². The fourth-order valence-corrected chi connectivity index (χ4v) is 3.93. The van der Waals surface area contributed by atoms with Gasteiger partial charge in [-0.05, 0) is 29.8 Å². The van der Waals surface area contributed by atoms with Gasteiger partial charge in [0.15, 0.2) is 9.84 Å². The number of benzene rings is 2. The Hall–Kier alpha value is -3.15. The van der Waals surface area contributed by atoms with Crippen molar-refractivity contribution in [1.29, 1.82) is 5.26 Å². The second-order valence-corrected chi connectivity index (χ2v) is 8.13. The van der Waals surface area contributed by atoms with Gasteiger partial charge in [0.05, 0.1) is 10.7 Å². The number of fused-ring (bicyclic) bond motifs is 1. The molecule has 1 aromatic heterocycles. The molecule has 0 amide bonds. The zero-order valence-corrected chi connectivity index (χ0v) is 15.3. The summed E-state index contributed by atoms with van der Waals surface area (Å²) >= 11 is 5.79. The molecule has 136 valence electrons. The predicted molar refractivity (Wildman–Crippen MR) is 103 cm³/mol. The van der Waals surface area contributed by atoms with E-state index in [1.807, 2.05) is 0 Å². The van der Waals surface area contributed by atoms with Crippen LogP contribution in [0.15, 0.2) is 53.6 Å². The summed E-state index contributed by atoms with van der Waals surface area (Å²) in [6.45, 7) is 0. The van der Waals surface area contributed by atoms with Gasteiger partial charge in [-0.25, -0.2) is 8.42 Å². The van der Waals surface area contributed by atoms with Gasteiger partial charge < -0.3 is 4.98 Å². The van der Waals surface area contributed by atoms with Gasteiger partial charge in [0.1, 0.15) is 11.0 Å². The van der Waals surface area contributed by atoms with Crippen LogP contribution in [-0.4, -0.2) is 18.3 Å². The van der Waals surface area contributed by atoms with E-state index in [4.69, 9.17) is 11.6 Å². The monoisotopic (exact) mass is 401 g/mol. The van der Waals surface area contributed by atoms with E-state index in [-0.39, 0.29) is 11.4 Å². The number of rotatable bonds is 5. The zero-order valence-electron chi connectivity index (χ0n) is 13.7. The molecule has 2 aromatic carbocycles. The first kappa shape index (κ1) is 18.6. The van der Waals surface area contributed by atoms with E-state index in [1.165, 1.54) is 30.5 Å². The van der Waals surface area contributed by atoms with Crippen LogP contribution in [0.2, 0.25) is 5.02 Å². The molecule has 3 aromatic rings. The number of allylic oxidation sites excluding steroid dienone is 1. The Labute approximate surface area is 159 Å². The Bertz CT molecular complexity index is 1210. The lowest BCUT2D eigenvalue weighted by molar-refractivity contribution is -0.384. The van der Waals surface area contributed by atoms with Gasteiger partial charge in [0, 0.05) is 39.8 Å². The van der Waals surface area contributed by atoms with Crippen molar-refractivity contribution >= 4 is 44.1 Å². The van der Waals surface area contributed by atoms with Crippen LogP contribution in [0, 0.1) is 21.4 Å². The van der Waals surface area contributed by atoms with Crippen LogP contribution < -0.4 is 0 Å². The molecule has 0 aliphatic heterocycles. The number of sulfone groups is 1. The average Bonchev–Trinajstić information content (AvgIpc) is 3.03. The first-order valence-corrected chi connectivity index (χ1v) is 9.68. The maximum atomic E-state index is 12.6. The fraction of sp³-hybridized carbons (Fsp3) is 0.0556. The lowest BCUT2D eigenvalue weighted by Crippen LogP contribution is -2.06. The minimum Gasteiger partial charge on any atom is -0.361 e. The maximum absolute atomic E-state index is 12.6. The number of non-ortho nitro benzene ring substituents is 1. The smallest absolute Gasteiger partial charge is 0.270 e. The van der Waals surface area contributed by atoms with Crippen LogP contribution in [0.25, 0.3) is 17.0 Å². The third-order valence-electron chi connectivity index (χ3n) is 3.91. The molecule has 1 heterocycles. The second kappa shape index (κ2) is 7.23. The van der Waals surface area contributed by atoms with Gasteiger partial charge >= 0.3 is 0 Å². The standard InChI is InChI=1S/C18H12ClN3O4S/c19-14-3-1-12(2-4-14)11-27(25,26)16(9-20)7-13-10-21-18-6-5-15(22(23)24)8-17(13)18/h1-8,10,21H,11H2. The predicted octanol–water partition coefficient (Wildman–Crippen LogP) is 4.21. The Morgan fingerprint density at radius 3 is 2.59 bits per heavy atom. The van der Waals surface area contributed by atoms with Gasteiger partial charge in [-0.3, -0.25) is 10.1 Å². The highest BCUT2D eigenvalue weighted by atomic mass is 35.5. The first-order valence-electron chi connectivity index (χ1n) is 7.65. The average molecular weight is 402 g/mol. The highest BCUT2D eigenvalue weighted by Crippen LogP contribution is 2.27. The molecule has 0 saturated heterocycles. The SMILES string of the molecule is N#CC(=Cc1c[nH]c2ccc([N+](=O)[O-])cc12)S(=O)(=O)Cc1ccc(Cl)cc1.